The molecular formula is C12H18BrNO. The van der Waals surface area contributed by atoms with Crippen molar-refractivity contribution in [2.45, 2.75) is 20.4 Å². The Morgan fingerprint density at radius 2 is 1.93 bits per heavy atom. The van der Waals surface area contributed by atoms with Crippen LogP contribution >= 0.6 is 15.9 Å². The van der Waals surface area contributed by atoms with Crippen molar-refractivity contribution in [2.24, 2.45) is 0 Å². The second-order valence-electron chi connectivity index (χ2n) is 3.42. The second kappa shape index (κ2) is 6.13. The molecule has 0 N–H and O–H groups in total. The number of methoxy groups -OCH3 is 1. The minimum atomic E-state index is 0.940. The highest BCUT2D eigenvalue weighted by Gasteiger charge is 2.07. The molecule has 0 heterocycles. The van der Waals surface area contributed by atoms with E-state index >= 15 is 0 Å². The molecule has 0 amide bonds. The summed E-state index contributed by atoms with van der Waals surface area (Å²) < 4.78 is 6.44. The van der Waals surface area contributed by atoms with Crippen LogP contribution in [-0.4, -0.2) is 25.1 Å². The van der Waals surface area contributed by atoms with Gasteiger partial charge in [0.15, 0.2) is 0 Å². The Morgan fingerprint density at radius 1 is 1.27 bits per heavy atom. The predicted molar refractivity (Wildman–Crippen MR) is 67.3 cm³/mol. The Labute approximate surface area is 100 Å². The Balaban J connectivity index is 2.86. The smallest absolute Gasteiger partial charge is 0.123 e. The van der Waals surface area contributed by atoms with Gasteiger partial charge in [-0.3, -0.25) is 4.90 Å². The second-order valence-corrected chi connectivity index (χ2v) is 4.33. The van der Waals surface area contributed by atoms with E-state index in [9.17, 15) is 0 Å². The van der Waals surface area contributed by atoms with Crippen LogP contribution in [0, 0.1) is 0 Å². The maximum absolute atomic E-state index is 5.34. The Kier molecular flexibility index (Phi) is 5.12. The van der Waals surface area contributed by atoms with Crippen molar-refractivity contribution < 1.29 is 4.74 Å². The van der Waals surface area contributed by atoms with Crippen LogP contribution in [0.25, 0.3) is 0 Å². The number of hydrogen-bond acceptors (Lipinski definition) is 2. The fourth-order valence-electron chi connectivity index (χ4n) is 1.56. The van der Waals surface area contributed by atoms with E-state index in [4.69, 9.17) is 4.74 Å². The Hall–Kier alpha value is -0.540. The molecule has 0 saturated carbocycles. The first-order chi connectivity index (χ1) is 7.21. The molecule has 0 aliphatic rings. The van der Waals surface area contributed by atoms with Gasteiger partial charge in [0.1, 0.15) is 5.75 Å². The number of nitrogens with zero attached hydrogens (tertiary/aromatic N) is 1. The summed E-state index contributed by atoms with van der Waals surface area (Å²) in [6, 6.07) is 6.13. The number of hydrogen-bond donors (Lipinski definition) is 0. The van der Waals surface area contributed by atoms with E-state index < -0.39 is 0 Å². The summed E-state index contributed by atoms with van der Waals surface area (Å²) in [6.07, 6.45) is 0. The lowest BCUT2D eigenvalue weighted by Crippen LogP contribution is -2.22. The summed E-state index contributed by atoms with van der Waals surface area (Å²) in [5, 5.41) is 0. The quantitative estimate of drug-likeness (QED) is 0.815. The summed E-state index contributed by atoms with van der Waals surface area (Å²) in [5.41, 5.74) is 1.23. The molecule has 15 heavy (non-hydrogen) atoms. The fraction of sp³-hybridized carbons (Fsp3) is 0.500. The third-order valence-corrected chi connectivity index (χ3v) is 3.02. The third kappa shape index (κ3) is 3.50. The van der Waals surface area contributed by atoms with Crippen LogP contribution in [0.3, 0.4) is 0 Å². The van der Waals surface area contributed by atoms with E-state index in [1.807, 2.05) is 12.1 Å². The average molecular weight is 272 g/mol. The largest absolute Gasteiger partial charge is 0.496 e. The first-order valence-corrected chi connectivity index (χ1v) is 6.05. The molecule has 3 heteroatoms. The van der Waals surface area contributed by atoms with Gasteiger partial charge < -0.3 is 4.74 Å². The van der Waals surface area contributed by atoms with Crippen LogP contribution in [0.1, 0.15) is 19.4 Å². The van der Waals surface area contributed by atoms with E-state index in [0.717, 1.165) is 29.9 Å². The van der Waals surface area contributed by atoms with Crippen molar-refractivity contribution in [3.05, 3.63) is 28.2 Å². The van der Waals surface area contributed by atoms with Gasteiger partial charge in [-0.2, -0.15) is 0 Å². The maximum atomic E-state index is 5.34. The molecule has 0 fully saturated rings. The van der Waals surface area contributed by atoms with Crippen LogP contribution in [0.2, 0.25) is 0 Å². The number of ether oxygens (including phenoxy) is 1. The molecule has 0 spiro atoms. The molecule has 0 bridgehead atoms. The highest BCUT2D eigenvalue weighted by atomic mass is 79.9. The van der Waals surface area contributed by atoms with Crippen LogP contribution < -0.4 is 4.74 Å². The lowest BCUT2D eigenvalue weighted by atomic mass is 10.2. The molecule has 0 radical (unpaired) electrons. The molecule has 0 saturated heterocycles. The summed E-state index contributed by atoms with van der Waals surface area (Å²) in [7, 11) is 1.72. The lowest BCUT2D eigenvalue weighted by Gasteiger charge is -2.19. The summed E-state index contributed by atoms with van der Waals surface area (Å²) in [5.74, 6) is 0.963. The summed E-state index contributed by atoms with van der Waals surface area (Å²) in [4.78, 5) is 2.37. The SMILES string of the molecule is CCN(CC)Cc1cc(Br)ccc1OC. The van der Waals surface area contributed by atoms with Crippen LogP contribution in [0.5, 0.6) is 5.75 Å². The van der Waals surface area contributed by atoms with E-state index in [0.29, 0.717) is 0 Å². The molecule has 84 valence electrons. The Bertz CT molecular complexity index is 310. The highest BCUT2D eigenvalue weighted by Crippen LogP contribution is 2.24. The highest BCUT2D eigenvalue weighted by molar-refractivity contribution is 9.10. The zero-order valence-electron chi connectivity index (χ0n) is 9.59. The van der Waals surface area contributed by atoms with Crippen LogP contribution in [0.15, 0.2) is 22.7 Å². The lowest BCUT2D eigenvalue weighted by molar-refractivity contribution is 0.289. The van der Waals surface area contributed by atoms with Crippen molar-refractivity contribution >= 4 is 15.9 Å². The van der Waals surface area contributed by atoms with E-state index in [1.165, 1.54) is 5.56 Å². The van der Waals surface area contributed by atoms with Gasteiger partial charge in [-0.1, -0.05) is 29.8 Å². The van der Waals surface area contributed by atoms with Gasteiger partial charge in [0.2, 0.25) is 0 Å². The van der Waals surface area contributed by atoms with Crippen molar-refractivity contribution in [1.82, 2.24) is 4.90 Å². The zero-order chi connectivity index (χ0) is 11.3. The van der Waals surface area contributed by atoms with E-state index in [2.05, 4.69) is 40.7 Å². The number of rotatable bonds is 5. The van der Waals surface area contributed by atoms with E-state index in [1.54, 1.807) is 7.11 Å². The van der Waals surface area contributed by atoms with Gasteiger partial charge in [-0.25, -0.2) is 0 Å². The van der Waals surface area contributed by atoms with Gasteiger partial charge in [0.25, 0.3) is 0 Å². The number of halogens is 1. The van der Waals surface area contributed by atoms with Gasteiger partial charge in [0, 0.05) is 16.6 Å². The minimum Gasteiger partial charge on any atom is -0.496 e. The topological polar surface area (TPSA) is 12.5 Å². The Morgan fingerprint density at radius 3 is 2.47 bits per heavy atom. The molecule has 0 unspecified atom stereocenters. The predicted octanol–water partition coefficient (Wildman–Crippen LogP) is 3.30. The fourth-order valence-corrected chi connectivity index (χ4v) is 1.97. The van der Waals surface area contributed by atoms with Gasteiger partial charge >= 0.3 is 0 Å². The molecule has 0 aromatic heterocycles. The minimum absolute atomic E-state index is 0.940. The zero-order valence-corrected chi connectivity index (χ0v) is 11.2. The molecule has 1 aromatic rings. The molecule has 0 aliphatic carbocycles. The van der Waals surface area contributed by atoms with Crippen molar-refractivity contribution in [3.63, 3.8) is 0 Å². The average Bonchev–Trinajstić information content (AvgIpc) is 2.26. The van der Waals surface area contributed by atoms with Crippen molar-refractivity contribution in [1.29, 1.82) is 0 Å². The standard InChI is InChI=1S/C12H18BrNO/c1-4-14(5-2)9-10-8-11(13)6-7-12(10)15-3/h6-8H,4-5,9H2,1-3H3. The molecular weight excluding hydrogens is 254 g/mol. The molecule has 0 aliphatic heterocycles. The van der Waals surface area contributed by atoms with Gasteiger partial charge in [-0.05, 0) is 31.3 Å². The molecule has 1 aromatic carbocycles. The first-order valence-electron chi connectivity index (χ1n) is 5.26. The van der Waals surface area contributed by atoms with Crippen molar-refractivity contribution in [3.8, 4) is 5.75 Å². The summed E-state index contributed by atoms with van der Waals surface area (Å²) >= 11 is 3.49. The first kappa shape index (κ1) is 12.5. The van der Waals surface area contributed by atoms with Crippen molar-refractivity contribution in [2.75, 3.05) is 20.2 Å². The van der Waals surface area contributed by atoms with Gasteiger partial charge in [0.05, 0.1) is 7.11 Å². The maximum Gasteiger partial charge on any atom is 0.123 e. The van der Waals surface area contributed by atoms with Gasteiger partial charge in [-0.15, -0.1) is 0 Å². The van der Waals surface area contributed by atoms with Crippen LogP contribution in [0.4, 0.5) is 0 Å². The summed E-state index contributed by atoms with van der Waals surface area (Å²) in [6.45, 7) is 7.41. The molecule has 2 nitrogen and oxygen atoms in total. The monoisotopic (exact) mass is 271 g/mol. The van der Waals surface area contributed by atoms with Crippen LogP contribution in [-0.2, 0) is 6.54 Å². The molecule has 0 atom stereocenters. The number of benzene rings is 1. The molecule has 1 rings (SSSR count). The third-order valence-electron chi connectivity index (χ3n) is 2.53. The van der Waals surface area contributed by atoms with E-state index in [-0.39, 0.29) is 0 Å². The normalized spacial score (nSPS) is 10.7.